The molecular weight excluding hydrogens is 292 g/mol. The maximum atomic E-state index is 3.77. The van der Waals surface area contributed by atoms with Gasteiger partial charge in [0, 0.05) is 25.2 Å². The lowest BCUT2D eigenvalue weighted by Gasteiger charge is -2.22. The lowest BCUT2D eigenvalue weighted by atomic mass is 9.97. The van der Waals surface area contributed by atoms with Gasteiger partial charge in [-0.2, -0.15) is 0 Å². The average Bonchev–Trinajstić information content (AvgIpc) is 2.59. The summed E-state index contributed by atoms with van der Waals surface area (Å²) in [6, 6.07) is 16.4. The van der Waals surface area contributed by atoms with Gasteiger partial charge in [-0.3, -0.25) is 0 Å². The Balaban J connectivity index is 1.47. The van der Waals surface area contributed by atoms with Crippen LogP contribution in [0, 0.1) is 0 Å². The molecule has 130 valence electrons. The highest BCUT2D eigenvalue weighted by Gasteiger charge is 2.11. The number of fused-ring (bicyclic) bond motifs is 1. The molecule has 0 amide bonds. The van der Waals surface area contributed by atoms with E-state index in [0.29, 0.717) is 6.04 Å². The van der Waals surface area contributed by atoms with Crippen molar-refractivity contribution in [1.29, 1.82) is 0 Å². The Kier molecular flexibility index (Phi) is 6.68. The number of nitrogens with one attached hydrogen (secondary N) is 2. The molecule has 0 saturated heterocycles. The first-order valence-corrected chi connectivity index (χ1v) is 9.79. The van der Waals surface area contributed by atoms with Crippen LogP contribution in [-0.2, 0) is 0 Å². The normalized spacial score (nSPS) is 18.2. The molecule has 2 N–H and O–H groups in total. The van der Waals surface area contributed by atoms with Gasteiger partial charge in [-0.05, 0) is 36.1 Å². The van der Waals surface area contributed by atoms with Crippen LogP contribution in [0.2, 0.25) is 0 Å². The molecule has 2 nitrogen and oxygen atoms in total. The molecule has 0 spiro atoms. The molecule has 1 atom stereocenters. The summed E-state index contributed by atoms with van der Waals surface area (Å²) in [5.41, 5.74) is 1.40. The number of benzene rings is 2. The molecule has 0 radical (unpaired) electrons. The minimum atomic E-state index is 0.384. The van der Waals surface area contributed by atoms with Gasteiger partial charge >= 0.3 is 0 Å². The summed E-state index contributed by atoms with van der Waals surface area (Å²) < 4.78 is 0. The van der Waals surface area contributed by atoms with Crippen molar-refractivity contribution in [2.45, 2.75) is 64.0 Å². The maximum Gasteiger partial charge on any atom is 0.0298 e. The van der Waals surface area contributed by atoms with E-state index in [1.165, 1.54) is 61.3 Å². The third-order valence-electron chi connectivity index (χ3n) is 5.40. The molecule has 1 aliphatic rings. The summed E-state index contributed by atoms with van der Waals surface area (Å²) in [6.07, 6.45) is 9.81. The Morgan fingerprint density at radius 2 is 1.58 bits per heavy atom. The van der Waals surface area contributed by atoms with Gasteiger partial charge in [0.1, 0.15) is 0 Å². The van der Waals surface area contributed by atoms with Crippen LogP contribution in [0.5, 0.6) is 0 Å². The summed E-state index contributed by atoms with van der Waals surface area (Å²) in [5.74, 6) is 0. The van der Waals surface area contributed by atoms with Gasteiger partial charge in [-0.25, -0.2) is 0 Å². The highest BCUT2D eigenvalue weighted by molar-refractivity contribution is 5.86. The molecule has 0 aromatic heterocycles. The number of hydrogen-bond donors (Lipinski definition) is 2. The van der Waals surface area contributed by atoms with Crippen molar-refractivity contribution in [3.63, 3.8) is 0 Å². The second kappa shape index (κ2) is 9.19. The summed E-state index contributed by atoms with van der Waals surface area (Å²) in [6.45, 7) is 4.37. The monoisotopic (exact) mass is 324 g/mol. The van der Waals surface area contributed by atoms with Crippen molar-refractivity contribution in [2.75, 3.05) is 13.1 Å². The Labute approximate surface area is 147 Å². The van der Waals surface area contributed by atoms with Crippen molar-refractivity contribution >= 4 is 10.8 Å². The quantitative estimate of drug-likeness (QED) is 0.714. The standard InChI is InChI=1S/C22H32N2/c1-18(21-15-9-11-19-10-7-8-14-22(19)21)23-16-17-24-20-12-5-3-2-4-6-13-20/h7-11,14-15,18,20,23-24H,2-6,12-13,16-17H2,1H3. The van der Waals surface area contributed by atoms with Gasteiger partial charge in [-0.15, -0.1) is 0 Å². The van der Waals surface area contributed by atoms with Crippen molar-refractivity contribution in [1.82, 2.24) is 10.6 Å². The van der Waals surface area contributed by atoms with E-state index in [9.17, 15) is 0 Å². The Morgan fingerprint density at radius 1 is 0.875 bits per heavy atom. The first-order chi connectivity index (χ1) is 11.8. The maximum absolute atomic E-state index is 3.77. The molecule has 0 bridgehead atoms. The van der Waals surface area contributed by atoms with Gasteiger partial charge in [0.15, 0.2) is 0 Å². The summed E-state index contributed by atoms with van der Waals surface area (Å²) >= 11 is 0. The van der Waals surface area contributed by atoms with Crippen molar-refractivity contribution in [2.24, 2.45) is 0 Å². The predicted octanol–water partition coefficient (Wildman–Crippen LogP) is 5.19. The van der Waals surface area contributed by atoms with E-state index in [0.717, 1.165) is 19.1 Å². The number of hydrogen-bond acceptors (Lipinski definition) is 2. The smallest absolute Gasteiger partial charge is 0.0298 e. The van der Waals surface area contributed by atoms with Crippen molar-refractivity contribution in [3.8, 4) is 0 Å². The highest BCUT2D eigenvalue weighted by Crippen LogP contribution is 2.23. The Hall–Kier alpha value is -1.38. The predicted molar refractivity (Wildman–Crippen MR) is 104 cm³/mol. The summed E-state index contributed by atoms with van der Waals surface area (Å²) in [4.78, 5) is 0. The van der Waals surface area contributed by atoms with E-state index in [1.54, 1.807) is 0 Å². The minimum absolute atomic E-state index is 0.384. The molecule has 0 heterocycles. The zero-order chi connectivity index (χ0) is 16.6. The van der Waals surface area contributed by atoms with E-state index >= 15 is 0 Å². The highest BCUT2D eigenvalue weighted by atomic mass is 15.0. The van der Waals surface area contributed by atoms with Crippen LogP contribution in [0.4, 0.5) is 0 Å². The molecule has 1 saturated carbocycles. The molecule has 24 heavy (non-hydrogen) atoms. The first kappa shape index (κ1) is 17.4. The van der Waals surface area contributed by atoms with Gasteiger partial charge in [0.25, 0.3) is 0 Å². The van der Waals surface area contributed by atoms with Crippen LogP contribution in [0.25, 0.3) is 10.8 Å². The summed E-state index contributed by atoms with van der Waals surface area (Å²) in [7, 11) is 0. The molecular formula is C22H32N2. The largest absolute Gasteiger partial charge is 0.313 e. The minimum Gasteiger partial charge on any atom is -0.313 e. The zero-order valence-electron chi connectivity index (χ0n) is 15.1. The van der Waals surface area contributed by atoms with Crippen LogP contribution in [0.3, 0.4) is 0 Å². The fourth-order valence-electron chi connectivity index (χ4n) is 3.96. The molecule has 2 aromatic rings. The summed E-state index contributed by atoms with van der Waals surface area (Å²) in [5, 5.41) is 10.2. The topological polar surface area (TPSA) is 24.1 Å². The van der Waals surface area contributed by atoms with Crippen LogP contribution < -0.4 is 10.6 Å². The van der Waals surface area contributed by atoms with Gasteiger partial charge in [-0.1, -0.05) is 74.6 Å². The van der Waals surface area contributed by atoms with Crippen LogP contribution in [-0.4, -0.2) is 19.1 Å². The molecule has 2 heteroatoms. The van der Waals surface area contributed by atoms with E-state index in [4.69, 9.17) is 0 Å². The van der Waals surface area contributed by atoms with Crippen LogP contribution in [0.15, 0.2) is 42.5 Å². The molecule has 1 aliphatic carbocycles. The van der Waals surface area contributed by atoms with E-state index in [-0.39, 0.29) is 0 Å². The molecule has 1 fully saturated rings. The Bertz CT molecular complexity index is 609. The second-order valence-electron chi connectivity index (χ2n) is 7.24. The zero-order valence-corrected chi connectivity index (χ0v) is 15.1. The first-order valence-electron chi connectivity index (χ1n) is 9.79. The van der Waals surface area contributed by atoms with Gasteiger partial charge in [0.05, 0.1) is 0 Å². The third-order valence-corrected chi connectivity index (χ3v) is 5.40. The van der Waals surface area contributed by atoms with Gasteiger partial charge in [0.2, 0.25) is 0 Å². The van der Waals surface area contributed by atoms with Crippen LogP contribution in [0.1, 0.15) is 63.5 Å². The number of rotatable bonds is 6. The second-order valence-corrected chi connectivity index (χ2v) is 7.24. The fourth-order valence-corrected chi connectivity index (χ4v) is 3.96. The lowest BCUT2D eigenvalue weighted by Crippen LogP contribution is -2.36. The fraction of sp³-hybridized carbons (Fsp3) is 0.545. The SMILES string of the molecule is CC(NCCNC1CCCCCCC1)c1cccc2ccccc12. The van der Waals surface area contributed by atoms with E-state index < -0.39 is 0 Å². The molecule has 1 unspecified atom stereocenters. The van der Waals surface area contributed by atoms with E-state index in [2.05, 4.69) is 60.0 Å². The molecule has 2 aromatic carbocycles. The lowest BCUT2D eigenvalue weighted by molar-refractivity contribution is 0.386. The average molecular weight is 325 g/mol. The Morgan fingerprint density at radius 3 is 2.42 bits per heavy atom. The van der Waals surface area contributed by atoms with Gasteiger partial charge < -0.3 is 10.6 Å². The molecule has 3 rings (SSSR count). The van der Waals surface area contributed by atoms with E-state index in [1.807, 2.05) is 0 Å². The van der Waals surface area contributed by atoms with Crippen molar-refractivity contribution in [3.05, 3.63) is 48.0 Å². The van der Waals surface area contributed by atoms with Crippen molar-refractivity contribution < 1.29 is 0 Å². The molecule has 0 aliphatic heterocycles. The third kappa shape index (κ3) is 4.81. The van der Waals surface area contributed by atoms with Crippen LogP contribution >= 0.6 is 0 Å².